The molecule has 0 radical (unpaired) electrons. The van der Waals surface area contributed by atoms with Crippen LogP contribution in [-0.2, 0) is 6.42 Å². The first-order chi connectivity index (χ1) is 6.61. The number of halogens is 3. The van der Waals surface area contributed by atoms with E-state index in [9.17, 15) is 8.78 Å². The molecular weight excluding hydrogens is 258 g/mol. The quantitative estimate of drug-likeness (QED) is 0.851. The topological polar surface area (TPSA) is 29.5 Å². The summed E-state index contributed by atoms with van der Waals surface area (Å²) in [6.07, 6.45) is 0.221. The monoisotopic (exact) mass is 266 g/mol. The fourth-order valence-electron chi connectivity index (χ4n) is 1.15. The summed E-state index contributed by atoms with van der Waals surface area (Å²) in [5.41, 5.74) is 0.431. The van der Waals surface area contributed by atoms with E-state index in [4.69, 9.17) is 9.84 Å². The number of hydrogen-bond donors (Lipinski definition) is 1. The first kappa shape index (κ1) is 11.4. The van der Waals surface area contributed by atoms with E-state index in [0.29, 0.717) is 5.56 Å². The van der Waals surface area contributed by atoms with Crippen LogP contribution in [0.1, 0.15) is 5.56 Å². The molecule has 0 saturated heterocycles. The molecule has 0 aliphatic heterocycles. The molecule has 1 aromatic rings. The van der Waals surface area contributed by atoms with Crippen molar-refractivity contribution in [3.05, 3.63) is 27.7 Å². The maximum atomic E-state index is 13.2. The number of aliphatic hydroxyl groups excluding tert-OH is 1. The van der Waals surface area contributed by atoms with Gasteiger partial charge >= 0.3 is 0 Å². The van der Waals surface area contributed by atoms with Crippen molar-refractivity contribution < 1.29 is 18.6 Å². The lowest BCUT2D eigenvalue weighted by molar-refractivity contribution is 0.294. The molecule has 1 N–H and O–H groups in total. The molecule has 0 heterocycles. The van der Waals surface area contributed by atoms with E-state index in [1.54, 1.807) is 0 Å². The molecule has 0 spiro atoms. The summed E-state index contributed by atoms with van der Waals surface area (Å²) < 4.78 is 31.0. The molecule has 2 nitrogen and oxygen atoms in total. The summed E-state index contributed by atoms with van der Waals surface area (Å²) in [5, 5.41) is 8.70. The zero-order valence-electron chi connectivity index (χ0n) is 7.48. The van der Waals surface area contributed by atoms with Crippen LogP contribution >= 0.6 is 15.9 Å². The van der Waals surface area contributed by atoms with Crippen LogP contribution in [0.5, 0.6) is 5.75 Å². The summed E-state index contributed by atoms with van der Waals surface area (Å²) >= 11 is 2.88. The molecule has 0 aromatic heterocycles. The highest BCUT2D eigenvalue weighted by molar-refractivity contribution is 9.10. The lowest BCUT2D eigenvalue weighted by Gasteiger charge is -2.10. The van der Waals surface area contributed by atoms with Crippen molar-refractivity contribution in [1.29, 1.82) is 0 Å². The Hall–Kier alpha value is -0.680. The summed E-state index contributed by atoms with van der Waals surface area (Å²) in [4.78, 5) is 0. The normalized spacial score (nSPS) is 10.4. The molecule has 0 atom stereocenters. The maximum Gasteiger partial charge on any atom is 0.202 e. The van der Waals surface area contributed by atoms with Crippen LogP contribution in [0.25, 0.3) is 0 Å². The smallest absolute Gasteiger partial charge is 0.202 e. The highest BCUT2D eigenvalue weighted by Crippen LogP contribution is 2.30. The molecular formula is C9H9BrF2O2. The standard InChI is InChI=1S/C9H9BrF2O2/c1-14-9-5(2-3-13)4-6(10)7(11)8(9)12/h4,13H,2-3H2,1H3. The lowest BCUT2D eigenvalue weighted by Crippen LogP contribution is -2.01. The van der Waals surface area contributed by atoms with E-state index < -0.39 is 11.6 Å². The van der Waals surface area contributed by atoms with Crippen molar-refractivity contribution in [2.75, 3.05) is 13.7 Å². The van der Waals surface area contributed by atoms with Crippen molar-refractivity contribution in [1.82, 2.24) is 0 Å². The summed E-state index contributed by atoms with van der Waals surface area (Å²) in [5.74, 6) is -2.17. The largest absolute Gasteiger partial charge is 0.493 e. The molecule has 0 saturated carbocycles. The fraction of sp³-hybridized carbons (Fsp3) is 0.333. The molecule has 1 aromatic carbocycles. The van der Waals surface area contributed by atoms with Gasteiger partial charge in [-0.2, -0.15) is 4.39 Å². The van der Waals surface area contributed by atoms with Gasteiger partial charge in [0.2, 0.25) is 5.82 Å². The molecule has 0 fully saturated rings. The molecule has 0 amide bonds. The van der Waals surface area contributed by atoms with E-state index in [1.165, 1.54) is 13.2 Å². The molecule has 0 aliphatic carbocycles. The lowest BCUT2D eigenvalue weighted by atomic mass is 10.1. The van der Waals surface area contributed by atoms with Gasteiger partial charge in [0, 0.05) is 12.2 Å². The van der Waals surface area contributed by atoms with Gasteiger partial charge in [-0.3, -0.25) is 0 Å². The van der Waals surface area contributed by atoms with Crippen LogP contribution in [0.3, 0.4) is 0 Å². The number of hydrogen-bond acceptors (Lipinski definition) is 2. The van der Waals surface area contributed by atoms with Gasteiger partial charge in [0.15, 0.2) is 11.6 Å². The Kier molecular flexibility index (Phi) is 3.83. The number of aliphatic hydroxyl groups is 1. The highest BCUT2D eigenvalue weighted by atomic mass is 79.9. The first-order valence-corrected chi connectivity index (χ1v) is 4.72. The van der Waals surface area contributed by atoms with Gasteiger partial charge in [0.05, 0.1) is 11.6 Å². The Balaban J connectivity index is 3.28. The van der Waals surface area contributed by atoms with E-state index in [-0.39, 0.29) is 23.2 Å². The number of methoxy groups -OCH3 is 1. The van der Waals surface area contributed by atoms with Crippen LogP contribution in [0.2, 0.25) is 0 Å². The summed E-state index contributed by atoms with van der Waals surface area (Å²) in [6, 6.07) is 1.40. The second-order valence-corrected chi connectivity index (χ2v) is 3.51. The summed E-state index contributed by atoms with van der Waals surface area (Å²) in [7, 11) is 1.26. The Morgan fingerprint density at radius 1 is 1.43 bits per heavy atom. The predicted octanol–water partition coefficient (Wildman–Crippen LogP) is 2.27. The Labute approximate surface area is 88.6 Å². The minimum atomic E-state index is -1.04. The predicted molar refractivity (Wildman–Crippen MR) is 51.4 cm³/mol. The van der Waals surface area contributed by atoms with Crippen molar-refractivity contribution >= 4 is 15.9 Å². The van der Waals surface area contributed by atoms with Crippen LogP contribution in [0, 0.1) is 11.6 Å². The van der Waals surface area contributed by atoms with E-state index >= 15 is 0 Å². The van der Waals surface area contributed by atoms with Crippen molar-refractivity contribution in [3.63, 3.8) is 0 Å². The first-order valence-electron chi connectivity index (χ1n) is 3.93. The van der Waals surface area contributed by atoms with Crippen LogP contribution in [0.4, 0.5) is 8.78 Å². The van der Waals surface area contributed by atoms with Gasteiger partial charge in [-0.25, -0.2) is 4.39 Å². The highest BCUT2D eigenvalue weighted by Gasteiger charge is 2.17. The maximum absolute atomic E-state index is 13.2. The average Bonchev–Trinajstić information content (AvgIpc) is 2.16. The second-order valence-electron chi connectivity index (χ2n) is 2.65. The average molecular weight is 267 g/mol. The SMILES string of the molecule is COc1c(CCO)cc(Br)c(F)c1F. The Morgan fingerprint density at radius 2 is 2.07 bits per heavy atom. The van der Waals surface area contributed by atoms with Gasteiger partial charge in [-0.1, -0.05) is 0 Å². The van der Waals surface area contributed by atoms with E-state index in [1.807, 2.05) is 0 Å². The molecule has 1 rings (SSSR count). The van der Waals surface area contributed by atoms with Gasteiger partial charge in [0.25, 0.3) is 0 Å². The van der Waals surface area contributed by atoms with Crippen LogP contribution in [-0.4, -0.2) is 18.8 Å². The molecule has 0 aliphatic rings. The molecule has 0 bridgehead atoms. The second kappa shape index (κ2) is 4.70. The van der Waals surface area contributed by atoms with Crippen molar-refractivity contribution in [2.24, 2.45) is 0 Å². The molecule has 78 valence electrons. The van der Waals surface area contributed by atoms with Crippen molar-refractivity contribution in [3.8, 4) is 5.75 Å². The fourth-order valence-corrected chi connectivity index (χ4v) is 1.60. The third-order valence-electron chi connectivity index (χ3n) is 1.78. The van der Waals surface area contributed by atoms with Gasteiger partial charge in [-0.05, 0) is 28.4 Å². The van der Waals surface area contributed by atoms with Gasteiger partial charge in [-0.15, -0.1) is 0 Å². The molecule has 5 heteroatoms. The Morgan fingerprint density at radius 3 is 2.57 bits per heavy atom. The van der Waals surface area contributed by atoms with Crippen LogP contribution < -0.4 is 4.74 Å². The molecule has 0 unspecified atom stereocenters. The minimum absolute atomic E-state index is 0.0271. The van der Waals surface area contributed by atoms with E-state index in [2.05, 4.69) is 15.9 Å². The van der Waals surface area contributed by atoms with Crippen LogP contribution in [0.15, 0.2) is 10.5 Å². The van der Waals surface area contributed by atoms with Gasteiger partial charge in [0.1, 0.15) is 0 Å². The van der Waals surface area contributed by atoms with E-state index in [0.717, 1.165) is 0 Å². The third kappa shape index (κ3) is 2.04. The number of ether oxygens (including phenoxy) is 1. The zero-order chi connectivity index (χ0) is 10.7. The zero-order valence-corrected chi connectivity index (χ0v) is 9.07. The summed E-state index contributed by atoms with van der Waals surface area (Å²) in [6.45, 7) is -0.145. The van der Waals surface area contributed by atoms with Crippen molar-refractivity contribution in [2.45, 2.75) is 6.42 Å². The Bertz CT molecular complexity index is 342. The number of benzene rings is 1. The number of rotatable bonds is 3. The van der Waals surface area contributed by atoms with Gasteiger partial charge < -0.3 is 9.84 Å². The third-order valence-corrected chi connectivity index (χ3v) is 2.36. The minimum Gasteiger partial charge on any atom is -0.493 e. The molecule has 14 heavy (non-hydrogen) atoms.